The maximum absolute atomic E-state index is 5.69. The minimum Gasteiger partial charge on any atom is -0.491 e. The van der Waals surface area contributed by atoms with Gasteiger partial charge in [0.15, 0.2) is 0 Å². The fourth-order valence-electron chi connectivity index (χ4n) is 8.62. The molecule has 0 amide bonds. The number of hydrogen-bond acceptors (Lipinski definition) is 11. The molecule has 2 aliphatic rings. The lowest BCUT2D eigenvalue weighted by atomic mass is 9.98. The lowest BCUT2D eigenvalue weighted by molar-refractivity contribution is -0.0118. The van der Waals surface area contributed by atoms with E-state index in [9.17, 15) is 0 Å². The quantitative estimate of drug-likeness (QED) is 0.0499. The number of para-hydroxylation sites is 1. The summed E-state index contributed by atoms with van der Waals surface area (Å²) in [6, 6.07) is 40.7. The lowest BCUT2D eigenvalue weighted by Crippen LogP contribution is -2.20. The van der Waals surface area contributed by atoms with Crippen LogP contribution in [0, 0.1) is 0 Å². The van der Waals surface area contributed by atoms with Crippen LogP contribution in [0.5, 0.6) is 5.75 Å². The average molecular weight is 1420 g/mol. The third-order valence-electron chi connectivity index (χ3n) is 14.3. The second-order valence-electron chi connectivity index (χ2n) is 29.4. The maximum atomic E-state index is 5.69. The smallest absolute Gasteiger partial charge is 0.119 e. The zero-order valence-electron chi connectivity index (χ0n) is 71.4. The Labute approximate surface area is 627 Å². The summed E-state index contributed by atoms with van der Waals surface area (Å²) in [6.07, 6.45) is 25.7. The normalized spacial score (nSPS) is 13.6. The first kappa shape index (κ1) is 106. The summed E-state index contributed by atoms with van der Waals surface area (Å²) in [6.45, 7) is 64.0. The second-order valence-corrected chi connectivity index (χ2v) is 29.4. The fraction of sp³-hybridized carbons (Fsp3) is 0.733. The van der Waals surface area contributed by atoms with E-state index in [1.165, 1.54) is 87.3 Å². The number of hydrogen-bond donors (Lipinski definition) is 0. The monoisotopic (exact) mass is 1420 g/mol. The first-order valence-electron chi connectivity index (χ1n) is 39.8. The van der Waals surface area contributed by atoms with E-state index in [1.807, 2.05) is 128 Å². The SMILES string of the molecule is CC(C)OC1CCCC1.CC(C)OC1CCCCC1.CC(C)OCCc1ccccc1.CC(C)OCc1ccccc1.CC(C)Oc1ccccc1.CCC(C)OCc1ccccc1.CCCOC(C)C.CCCOC(C)CC.CCCOC(C)CCC.CCOC(C)(C)C.COC(C)(C)C. The van der Waals surface area contributed by atoms with Crippen LogP contribution in [0.1, 0.15) is 313 Å². The van der Waals surface area contributed by atoms with Gasteiger partial charge in [-0.2, -0.15) is 0 Å². The Bertz CT molecular complexity index is 2150. The van der Waals surface area contributed by atoms with Crippen LogP contribution in [0.15, 0.2) is 121 Å². The van der Waals surface area contributed by atoms with Crippen molar-refractivity contribution in [2.75, 3.05) is 40.1 Å². The van der Waals surface area contributed by atoms with Crippen molar-refractivity contribution in [2.45, 2.75) is 395 Å². The summed E-state index contributed by atoms with van der Waals surface area (Å²) >= 11 is 0. The van der Waals surface area contributed by atoms with E-state index in [-0.39, 0.29) is 17.3 Å². The van der Waals surface area contributed by atoms with Crippen molar-refractivity contribution < 1.29 is 52.1 Å². The molecule has 3 atom stereocenters. The first-order chi connectivity index (χ1) is 47.8. The van der Waals surface area contributed by atoms with Gasteiger partial charge in [0.1, 0.15) is 5.75 Å². The topological polar surface area (TPSA) is 102 Å². The molecule has 0 aliphatic heterocycles. The van der Waals surface area contributed by atoms with Crippen LogP contribution >= 0.6 is 0 Å². The molecule has 0 spiro atoms. The fourth-order valence-corrected chi connectivity index (χ4v) is 8.62. The number of rotatable bonds is 30. The molecule has 101 heavy (non-hydrogen) atoms. The number of benzene rings is 4. The highest BCUT2D eigenvalue weighted by atomic mass is 16.5. The molecule has 2 aliphatic carbocycles. The van der Waals surface area contributed by atoms with E-state index in [0.717, 1.165) is 90.5 Å². The molecule has 3 unspecified atom stereocenters. The molecule has 0 saturated heterocycles. The highest BCUT2D eigenvalue weighted by molar-refractivity contribution is 5.21. The summed E-state index contributed by atoms with van der Waals surface area (Å²) in [5.74, 6) is 0.942. The molecule has 0 bridgehead atoms. The van der Waals surface area contributed by atoms with Crippen LogP contribution in [-0.2, 0) is 67.0 Å². The molecule has 0 heterocycles. The number of ether oxygens (including phenoxy) is 11. The van der Waals surface area contributed by atoms with Crippen LogP contribution in [-0.4, -0.2) is 118 Å². The van der Waals surface area contributed by atoms with Crippen LogP contribution in [0.4, 0.5) is 0 Å². The zero-order valence-corrected chi connectivity index (χ0v) is 71.4. The summed E-state index contributed by atoms with van der Waals surface area (Å²) in [4.78, 5) is 0. The minimum atomic E-state index is 0.0417. The summed E-state index contributed by atoms with van der Waals surface area (Å²) in [7, 11) is 1.71. The second kappa shape index (κ2) is 74.5. The Kier molecular flexibility index (Phi) is 78.2. The predicted octanol–water partition coefficient (Wildman–Crippen LogP) is 25.7. The van der Waals surface area contributed by atoms with Gasteiger partial charge in [0.2, 0.25) is 0 Å². The molecule has 2 fully saturated rings. The van der Waals surface area contributed by atoms with Crippen molar-refractivity contribution in [3.05, 3.63) is 138 Å². The van der Waals surface area contributed by atoms with Gasteiger partial charge in [0.25, 0.3) is 0 Å². The van der Waals surface area contributed by atoms with Gasteiger partial charge in [-0.1, -0.05) is 189 Å². The molecular formula is C90H166O11. The summed E-state index contributed by atoms with van der Waals surface area (Å²) in [5, 5.41) is 0. The van der Waals surface area contributed by atoms with Gasteiger partial charge < -0.3 is 52.1 Å². The molecule has 11 nitrogen and oxygen atoms in total. The van der Waals surface area contributed by atoms with Crippen molar-refractivity contribution >= 4 is 0 Å². The van der Waals surface area contributed by atoms with Crippen molar-refractivity contribution in [1.82, 2.24) is 0 Å². The Morgan fingerprint density at radius 3 is 0.990 bits per heavy atom. The van der Waals surface area contributed by atoms with Gasteiger partial charge in [-0.3, -0.25) is 0 Å². The highest BCUT2D eigenvalue weighted by Gasteiger charge is 2.16. The molecule has 6 rings (SSSR count). The number of methoxy groups -OCH3 is 1. The van der Waals surface area contributed by atoms with Gasteiger partial charge in [-0.15, -0.1) is 0 Å². The van der Waals surface area contributed by atoms with Crippen LogP contribution in [0.2, 0.25) is 0 Å². The summed E-state index contributed by atoms with van der Waals surface area (Å²) in [5.41, 5.74) is 3.92. The molecule has 592 valence electrons. The zero-order chi connectivity index (χ0) is 77.6. The van der Waals surface area contributed by atoms with E-state index in [1.54, 1.807) is 7.11 Å². The van der Waals surface area contributed by atoms with E-state index in [4.69, 9.17) is 52.1 Å². The Morgan fingerprint density at radius 2 is 0.683 bits per heavy atom. The predicted molar refractivity (Wildman–Crippen MR) is 438 cm³/mol. The highest BCUT2D eigenvalue weighted by Crippen LogP contribution is 2.23. The van der Waals surface area contributed by atoms with E-state index < -0.39 is 0 Å². The molecule has 4 aromatic rings. The molecule has 0 radical (unpaired) electrons. The van der Waals surface area contributed by atoms with Gasteiger partial charge in [-0.05, 0) is 252 Å². The van der Waals surface area contributed by atoms with E-state index in [0.29, 0.717) is 61.0 Å². The largest absolute Gasteiger partial charge is 0.491 e. The Balaban J connectivity index is -0.000000337. The van der Waals surface area contributed by atoms with Crippen molar-refractivity contribution in [3.8, 4) is 5.75 Å². The first-order valence-corrected chi connectivity index (χ1v) is 39.8. The van der Waals surface area contributed by atoms with Crippen molar-refractivity contribution in [2.24, 2.45) is 0 Å². The van der Waals surface area contributed by atoms with Gasteiger partial charge >= 0.3 is 0 Å². The molecule has 4 aromatic carbocycles. The van der Waals surface area contributed by atoms with Crippen LogP contribution < -0.4 is 4.74 Å². The van der Waals surface area contributed by atoms with E-state index >= 15 is 0 Å². The van der Waals surface area contributed by atoms with Crippen molar-refractivity contribution in [3.63, 3.8) is 0 Å². The molecule has 11 heteroatoms. The van der Waals surface area contributed by atoms with E-state index in [2.05, 4.69) is 187 Å². The van der Waals surface area contributed by atoms with Gasteiger partial charge in [-0.25, -0.2) is 0 Å². The molecular weight excluding hydrogens is 1260 g/mol. The minimum absolute atomic E-state index is 0.0417. The van der Waals surface area contributed by atoms with Crippen LogP contribution in [0.3, 0.4) is 0 Å². The third-order valence-corrected chi connectivity index (χ3v) is 14.3. The average Bonchev–Trinajstić information content (AvgIpc) is 1.42. The molecule has 2 saturated carbocycles. The summed E-state index contributed by atoms with van der Waals surface area (Å²) < 4.78 is 59.3. The standard InChI is InChI=1S/2C11H16O.C10H14O.C9H18O.C9H12O.C8H16O.C8H18O.C7H16O.2C6H14O.C5H12O/c1-10(2)12-9-8-11-6-4-3-5-7-11;1-3-10(2)12-9-11-7-5-4-6-8-11;1-9(2)11-8-10-6-4-3-5-7-10;2*1-8(2)10-9-6-4-3-5-7-9;1-7(2)9-8-5-3-4-6-8;1-4-6-8(3)9-7-5-2;1-4-6-8-7(3)5-2;1-5-7-6(2,3)4;1-4-5-7-6(2)3;1-5(2,3)6-4/h3-7,10H,8-9H2,1-2H3;4-8,10H,3,9H2,1-2H3;3-7,9H,8H2,1-2H3;8-9H,3-7H2,1-2H3;3-8H,1-2H3;7-8H,3-6H2,1-2H3;8H,4-7H2,1-3H3;7H,4-6H2,1-3H3;5H2,1-4H3;6H,4-5H2,1-3H3;1-4H3. The van der Waals surface area contributed by atoms with Crippen molar-refractivity contribution in [1.29, 1.82) is 0 Å². The molecule has 0 N–H and O–H groups in total. The Hall–Kier alpha value is -3.72. The maximum Gasteiger partial charge on any atom is 0.119 e. The lowest BCUT2D eigenvalue weighted by Gasteiger charge is -2.23. The third kappa shape index (κ3) is 90.4. The van der Waals surface area contributed by atoms with Crippen LogP contribution in [0.25, 0.3) is 0 Å². The molecule has 0 aromatic heterocycles. The Morgan fingerprint density at radius 1 is 0.347 bits per heavy atom. The van der Waals surface area contributed by atoms with Gasteiger partial charge in [0, 0.05) is 33.5 Å². The van der Waals surface area contributed by atoms with Gasteiger partial charge in [0.05, 0.1) is 98.2 Å².